The van der Waals surface area contributed by atoms with E-state index in [0.29, 0.717) is 6.54 Å². The minimum absolute atomic E-state index is 0.203. The van der Waals surface area contributed by atoms with Crippen LogP contribution >= 0.6 is 24.0 Å². The van der Waals surface area contributed by atoms with Gasteiger partial charge in [0, 0.05) is 11.9 Å². The Labute approximate surface area is 75.2 Å². The molecule has 4 heteroatoms. The maximum Gasteiger partial charge on any atom is 0.282 e. The van der Waals surface area contributed by atoms with Crippen molar-refractivity contribution < 1.29 is 4.79 Å². The van der Waals surface area contributed by atoms with E-state index in [9.17, 15) is 4.79 Å². The lowest BCUT2D eigenvalue weighted by atomic mass is 10.4. The first-order chi connectivity index (χ1) is 5.25. The molecule has 0 saturated carbocycles. The van der Waals surface area contributed by atoms with Gasteiger partial charge in [-0.25, -0.2) is 0 Å². The number of thiol groups is 1. The van der Waals surface area contributed by atoms with Gasteiger partial charge in [0.1, 0.15) is 0 Å². The van der Waals surface area contributed by atoms with E-state index in [0.717, 1.165) is 5.69 Å². The van der Waals surface area contributed by atoms with Crippen molar-refractivity contribution in [1.82, 2.24) is 0 Å². The second kappa shape index (κ2) is 3.78. The molecule has 1 aromatic rings. The molecule has 0 N–H and O–H groups in total. The molecule has 0 spiro atoms. The Morgan fingerprint density at radius 3 is 2.91 bits per heavy atom. The van der Waals surface area contributed by atoms with Crippen LogP contribution in [0.15, 0.2) is 16.8 Å². The number of nitrogens with zero attached hydrogens (tertiary/aromatic N) is 1. The molecule has 0 aliphatic rings. The first-order valence-corrected chi connectivity index (χ1v) is 4.67. The zero-order valence-corrected chi connectivity index (χ0v) is 7.86. The fraction of sp³-hybridized carbons (Fsp3) is 0.286. The molecule has 0 fully saturated rings. The van der Waals surface area contributed by atoms with E-state index in [1.54, 1.807) is 16.2 Å². The number of thiophene rings is 1. The molecular formula is C7H9NOS2. The number of rotatable bonds is 2. The summed E-state index contributed by atoms with van der Waals surface area (Å²) in [7, 11) is 0. The number of anilines is 1. The Morgan fingerprint density at radius 1 is 1.82 bits per heavy atom. The van der Waals surface area contributed by atoms with E-state index in [1.165, 1.54) is 0 Å². The van der Waals surface area contributed by atoms with Gasteiger partial charge in [0.05, 0.1) is 5.69 Å². The van der Waals surface area contributed by atoms with Gasteiger partial charge in [-0.05, 0) is 18.4 Å². The van der Waals surface area contributed by atoms with Gasteiger partial charge in [-0.2, -0.15) is 11.3 Å². The second-order valence-electron chi connectivity index (χ2n) is 2.01. The van der Waals surface area contributed by atoms with Crippen LogP contribution in [0, 0.1) is 0 Å². The fourth-order valence-electron chi connectivity index (χ4n) is 0.839. The van der Waals surface area contributed by atoms with Crippen LogP contribution in [-0.2, 0) is 0 Å². The van der Waals surface area contributed by atoms with E-state index >= 15 is 0 Å². The molecule has 11 heavy (non-hydrogen) atoms. The number of amides is 1. The summed E-state index contributed by atoms with van der Waals surface area (Å²) < 4.78 is 0. The summed E-state index contributed by atoms with van der Waals surface area (Å²) in [5, 5.41) is 3.66. The Bertz CT molecular complexity index is 233. The quantitative estimate of drug-likeness (QED) is 0.706. The minimum atomic E-state index is -0.203. The van der Waals surface area contributed by atoms with Crippen LogP contribution in [0.1, 0.15) is 6.92 Å². The van der Waals surface area contributed by atoms with E-state index in [-0.39, 0.29) is 5.24 Å². The average Bonchev–Trinajstić information content (AvgIpc) is 2.40. The predicted molar refractivity (Wildman–Crippen MR) is 51.7 cm³/mol. The smallest absolute Gasteiger partial charge is 0.282 e. The monoisotopic (exact) mass is 187 g/mol. The van der Waals surface area contributed by atoms with Crippen LogP contribution in [0.5, 0.6) is 0 Å². The van der Waals surface area contributed by atoms with Crippen molar-refractivity contribution in [1.29, 1.82) is 0 Å². The third kappa shape index (κ3) is 1.97. The first-order valence-electron chi connectivity index (χ1n) is 3.28. The standard InChI is InChI=1S/C7H9NOS2/c1-2-8(7(9)10)6-3-4-11-5-6/h3-5H,2H2,1H3,(H,9,10). The van der Waals surface area contributed by atoms with Gasteiger partial charge in [0.25, 0.3) is 5.24 Å². The van der Waals surface area contributed by atoms with E-state index < -0.39 is 0 Å². The van der Waals surface area contributed by atoms with Crippen molar-refractivity contribution in [2.45, 2.75) is 6.92 Å². The third-order valence-electron chi connectivity index (χ3n) is 1.36. The maximum absolute atomic E-state index is 10.9. The minimum Gasteiger partial charge on any atom is -0.303 e. The molecule has 0 unspecified atom stereocenters. The number of carbonyl (C=O) groups is 1. The van der Waals surface area contributed by atoms with Crippen LogP contribution in [0.3, 0.4) is 0 Å². The predicted octanol–water partition coefficient (Wildman–Crippen LogP) is 2.62. The average molecular weight is 187 g/mol. The fourth-order valence-corrected chi connectivity index (χ4v) is 1.74. The lowest BCUT2D eigenvalue weighted by molar-refractivity contribution is 0.265. The highest BCUT2D eigenvalue weighted by Crippen LogP contribution is 2.18. The van der Waals surface area contributed by atoms with Crippen molar-refractivity contribution in [3.05, 3.63) is 16.8 Å². The molecule has 0 aliphatic carbocycles. The Kier molecular flexibility index (Phi) is 2.96. The normalized spacial score (nSPS) is 9.64. The lowest BCUT2D eigenvalue weighted by Crippen LogP contribution is -2.24. The van der Waals surface area contributed by atoms with E-state index in [1.807, 2.05) is 23.8 Å². The van der Waals surface area contributed by atoms with E-state index in [4.69, 9.17) is 0 Å². The second-order valence-corrected chi connectivity index (χ2v) is 3.17. The highest BCUT2D eigenvalue weighted by Gasteiger charge is 2.08. The third-order valence-corrected chi connectivity index (χ3v) is 2.28. The molecule has 1 amide bonds. The molecule has 1 rings (SSSR count). The van der Waals surface area contributed by atoms with Gasteiger partial charge in [-0.3, -0.25) is 4.79 Å². The molecule has 0 atom stereocenters. The summed E-state index contributed by atoms with van der Waals surface area (Å²) >= 11 is 5.32. The van der Waals surface area contributed by atoms with Crippen molar-refractivity contribution in [3.63, 3.8) is 0 Å². The van der Waals surface area contributed by atoms with Crippen LogP contribution in [-0.4, -0.2) is 11.8 Å². The van der Waals surface area contributed by atoms with Crippen molar-refractivity contribution in [2.24, 2.45) is 0 Å². The summed E-state index contributed by atoms with van der Waals surface area (Å²) in [5.41, 5.74) is 0.928. The molecule has 2 nitrogen and oxygen atoms in total. The van der Waals surface area contributed by atoms with Gasteiger partial charge in [-0.1, -0.05) is 12.6 Å². The summed E-state index contributed by atoms with van der Waals surface area (Å²) in [6.07, 6.45) is 0. The lowest BCUT2D eigenvalue weighted by Gasteiger charge is -2.15. The van der Waals surface area contributed by atoms with Gasteiger partial charge in [-0.15, -0.1) is 0 Å². The van der Waals surface area contributed by atoms with E-state index in [2.05, 4.69) is 12.6 Å². The van der Waals surface area contributed by atoms with Crippen LogP contribution < -0.4 is 4.90 Å². The number of carbonyl (C=O) groups excluding carboxylic acids is 1. The molecule has 1 heterocycles. The summed E-state index contributed by atoms with van der Waals surface area (Å²) in [6.45, 7) is 2.59. The molecule has 0 aliphatic heterocycles. The van der Waals surface area contributed by atoms with Crippen molar-refractivity contribution in [2.75, 3.05) is 11.4 Å². The molecule has 0 saturated heterocycles. The molecule has 0 aromatic carbocycles. The molecule has 1 aromatic heterocycles. The highest BCUT2D eigenvalue weighted by molar-refractivity contribution is 7.96. The Morgan fingerprint density at radius 2 is 2.55 bits per heavy atom. The summed E-state index contributed by atoms with van der Waals surface area (Å²) in [6, 6.07) is 1.91. The van der Waals surface area contributed by atoms with Crippen LogP contribution in [0.4, 0.5) is 10.5 Å². The van der Waals surface area contributed by atoms with Crippen molar-refractivity contribution in [3.8, 4) is 0 Å². The Hall–Kier alpha value is -0.480. The topological polar surface area (TPSA) is 20.3 Å². The summed E-state index contributed by atoms with van der Waals surface area (Å²) in [4.78, 5) is 12.5. The number of hydrogen-bond donors (Lipinski definition) is 1. The van der Waals surface area contributed by atoms with Gasteiger partial charge in [0.2, 0.25) is 0 Å². The number of hydrogen-bond acceptors (Lipinski definition) is 2. The molecular weight excluding hydrogens is 178 g/mol. The summed E-state index contributed by atoms with van der Waals surface area (Å²) in [5.74, 6) is 0. The zero-order chi connectivity index (χ0) is 8.27. The van der Waals surface area contributed by atoms with Gasteiger partial charge >= 0.3 is 0 Å². The largest absolute Gasteiger partial charge is 0.303 e. The first kappa shape index (κ1) is 8.62. The molecule has 0 bridgehead atoms. The highest BCUT2D eigenvalue weighted by atomic mass is 32.1. The molecule has 0 radical (unpaired) electrons. The van der Waals surface area contributed by atoms with Gasteiger partial charge in [0.15, 0.2) is 0 Å². The van der Waals surface area contributed by atoms with Crippen LogP contribution in [0.2, 0.25) is 0 Å². The van der Waals surface area contributed by atoms with Crippen molar-refractivity contribution >= 4 is 34.9 Å². The molecule has 60 valence electrons. The zero-order valence-electron chi connectivity index (χ0n) is 6.15. The van der Waals surface area contributed by atoms with Gasteiger partial charge < -0.3 is 4.90 Å². The SMILES string of the molecule is CCN(C(=O)S)c1ccsc1. The van der Waals surface area contributed by atoms with Crippen LogP contribution in [0.25, 0.3) is 0 Å². The maximum atomic E-state index is 10.9. The Balaban J connectivity index is 2.79.